The van der Waals surface area contributed by atoms with Crippen LogP contribution < -0.4 is 20.7 Å². The lowest BCUT2D eigenvalue weighted by Crippen LogP contribution is -2.42. The quantitative estimate of drug-likeness (QED) is 0.313. The van der Waals surface area contributed by atoms with Gasteiger partial charge in [-0.2, -0.15) is 0 Å². The van der Waals surface area contributed by atoms with E-state index in [4.69, 9.17) is 4.74 Å². The van der Waals surface area contributed by atoms with E-state index < -0.39 is 6.09 Å². The molecule has 0 saturated carbocycles. The van der Waals surface area contributed by atoms with Gasteiger partial charge in [0.15, 0.2) is 5.13 Å². The average molecular weight is 541 g/mol. The molecule has 3 N–H and O–H groups in total. The highest BCUT2D eigenvalue weighted by Gasteiger charge is 2.19. The first-order chi connectivity index (χ1) is 17.5. The van der Waals surface area contributed by atoms with Crippen molar-refractivity contribution in [1.82, 2.24) is 15.6 Å². The summed E-state index contributed by atoms with van der Waals surface area (Å²) in [5.74, 6) is -0.0309. The summed E-state index contributed by atoms with van der Waals surface area (Å²) in [5.41, 5.74) is 2.23. The van der Waals surface area contributed by atoms with Crippen molar-refractivity contribution in [3.05, 3.63) is 70.2 Å². The van der Waals surface area contributed by atoms with Gasteiger partial charge in [0.2, 0.25) is 5.91 Å². The molecular formula is C27H32N4O4S2. The number of rotatable bonds is 9. The molecule has 0 radical (unpaired) electrons. The second-order valence-electron chi connectivity index (χ2n) is 9.42. The van der Waals surface area contributed by atoms with Gasteiger partial charge < -0.3 is 20.7 Å². The smallest absolute Gasteiger partial charge is 0.410 e. The number of hydrogen-bond donors (Lipinski definition) is 3. The summed E-state index contributed by atoms with van der Waals surface area (Å²) in [5, 5.41) is 8.78. The van der Waals surface area contributed by atoms with Gasteiger partial charge in [0.25, 0.3) is 5.91 Å². The molecule has 0 bridgehead atoms. The Balaban J connectivity index is 1.65. The van der Waals surface area contributed by atoms with Crippen LogP contribution in [-0.4, -0.2) is 34.7 Å². The highest BCUT2D eigenvalue weighted by Crippen LogP contribution is 2.25. The fourth-order valence-corrected chi connectivity index (χ4v) is 4.72. The molecule has 0 aliphatic rings. The highest BCUT2D eigenvalue weighted by atomic mass is 32.2. The zero-order valence-electron chi connectivity index (χ0n) is 21.6. The van der Waals surface area contributed by atoms with Crippen LogP contribution in [0.4, 0.5) is 9.93 Å². The minimum Gasteiger partial charge on any atom is -0.410 e. The predicted molar refractivity (Wildman–Crippen MR) is 149 cm³/mol. The third-order valence-electron chi connectivity index (χ3n) is 5.06. The molecule has 37 heavy (non-hydrogen) atoms. The van der Waals surface area contributed by atoms with E-state index in [1.54, 1.807) is 23.9 Å². The summed E-state index contributed by atoms with van der Waals surface area (Å²) in [6.45, 7) is 7.44. The van der Waals surface area contributed by atoms with Crippen LogP contribution in [0.5, 0.6) is 5.75 Å². The summed E-state index contributed by atoms with van der Waals surface area (Å²) in [6, 6.07) is 15.2. The number of anilines is 1. The van der Waals surface area contributed by atoms with E-state index in [-0.39, 0.29) is 17.4 Å². The van der Waals surface area contributed by atoms with Gasteiger partial charge in [-0.05, 0) is 75.3 Å². The Morgan fingerprint density at radius 1 is 0.973 bits per heavy atom. The van der Waals surface area contributed by atoms with Crippen molar-refractivity contribution >= 4 is 46.1 Å². The summed E-state index contributed by atoms with van der Waals surface area (Å²) in [6.07, 6.45) is 2.63. The minimum atomic E-state index is -0.510. The number of aromatic nitrogens is 1. The monoisotopic (exact) mass is 540 g/mol. The van der Waals surface area contributed by atoms with Gasteiger partial charge in [-0.15, -0.1) is 11.8 Å². The maximum atomic E-state index is 13.0. The third kappa shape index (κ3) is 9.22. The van der Waals surface area contributed by atoms with Gasteiger partial charge in [-0.3, -0.25) is 9.59 Å². The maximum absolute atomic E-state index is 13.0. The zero-order chi connectivity index (χ0) is 27.0. The van der Waals surface area contributed by atoms with Crippen molar-refractivity contribution in [3.8, 4) is 5.75 Å². The van der Waals surface area contributed by atoms with Crippen LogP contribution in [0.2, 0.25) is 0 Å². The molecule has 0 spiro atoms. The number of aryl methyl sites for hydroxylation is 2. The second-order valence-corrected chi connectivity index (χ2v) is 11.3. The molecule has 3 rings (SSSR count). The lowest BCUT2D eigenvalue weighted by atomic mass is 10.1. The number of thioether (sulfide) groups is 1. The molecule has 0 aliphatic heterocycles. The lowest BCUT2D eigenvalue weighted by Gasteiger charge is -2.19. The molecule has 0 saturated heterocycles. The first kappa shape index (κ1) is 28.2. The molecule has 1 aromatic heterocycles. The van der Waals surface area contributed by atoms with Gasteiger partial charge in [0, 0.05) is 23.9 Å². The highest BCUT2D eigenvalue weighted by molar-refractivity contribution is 7.98. The molecule has 196 valence electrons. The van der Waals surface area contributed by atoms with Crippen LogP contribution in [0.15, 0.2) is 53.4 Å². The van der Waals surface area contributed by atoms with Crippen molar-refractivity contribution < 1.29 is 19.1 Å². The van der Waals surface area contributed by atoms with Gasteiger partial charge in [0.05, 0.1) is 5.69 Å². The number of nitrogens with one attached hydrogen (secondary N) is 3. The molecule has 8 nitrogen and oxygen atoms in total. The van der Waals surface area contributed by atoms with Gasteiger partial charge in [-0.25, -0.2) is 9.78 Å². The van der Waals surface area contributed by atoms with E-state index in [9.17, 15) is 14.4 Å². The van der Waals surface area contributed by atoms with E-state index in [1.807, 2.05) is 63.4 Å². The number of ether oxygens (including phenoxy) is 1. The largest absolute Gasteiger partial charge is 0.413 e. The average Bonchev–Trinajstić information content (AvgIpc) is 3.23. The third-order valence-corrected chi connectivity index (χ3v) is 6.82. The molecule has 0 fully saturated rings. The molecule has 0 atom stereocenters. The van der Waals surface area contributed by atoms with Crippen molar-refractivity contribution in [1.29, 1.82) is 0 Å². The fraction of sp³-hybridized carbons (Fsp3) is 0.333. The molecule has 2 aromatic carbocycles. The van der Waals surface area contributed by atoms with Gasteiger partial charge >= 0.3 is 6.09 Å². The number of thiazole rings is 1. The first-order valence-electron chi connectivity index (χ1n) is 11.8. The Morgan fingerprint density at radius 3 is 2.22 bits per heavy atom. The summed E-state index contributed by atoms with van der Waals surface area (Å²) in [4.78, 5) is 42.7. The van der Waals surface area contributed by atoms with Crippen LogP contribution in [0.25, 0.3) is 0 Å². The molecule has 0 unspecified atom stereocenters. The Bertz CT molecular complexity index is 1230. The molecule has 1 heterocycles. The van der Waals surface area contributed by atoms with E-state index in [1.165, 1.54) is 6.92 Å². The summed E-state index contributed by atoms with van der Waals surface area (Å²) in [7, 11) is 0. The summed E-state index contributed by atoms with van der Waals surface area (Å²) >= 11 is 2.83. The Morgan fingerprint density at radius 2 is 1.62 bits per heavy atom. The number of hydrogen-bond acceptors (Lipinski definition) is 7. The van der Waals surface area contributed by atoms with E-state index in [2.05, 4.69) is 20.9 Å². The topological polar surface area (TPSA) is 109 Å². The zero-order valence-corrected chi connectivity index (χ0v) is 23.3. The van der Waals surface area contributed by atoms with E-state index in [0.29, 0.717) is 40.8 Å². The van der Waals surface area contributed by atoms with Crippen LogP contribution in [0.1, 0.15) is 54.2 Å². The predicted octanol–water partition coefficient (Wildman–Crippen LogP) is 5.43. The van der Waals surface area contributed by atoms with Gasteiger partial charge in [0.1, 0.15) is 10.6 Å². The van der Waals surface area contributed by atoms with Crippen LogP contribution in [0.3, 0.4) is 0 Å². The minimum absolute atomic E-state index is 0.230. The number of amides is 3. The Hall–Kier alpha value is -3.37. The van der Waals surface area contributed by atoms with Crippen molar-refractivity contribution in [2.75, 3.05) is 11.6 Å². The van der Waals surface area contributed by atoms with Crippen molar-refractivity contribution in [2.24, 2.45) is 0 Å². The summed E-state index contributed by atoms with van der Waals surface area (Å²) < 4.78 is 5.32. The molecule has 0 aliphatic carbocycles. The maximum Gasteiger partial charge on any atom is 0.413 e. The Kier molecular flexibility index (Phi) is 9.71. The van der Waals surface area contributed by atoms with Crippen molar-refractivity contribution in [2.45, 2.75) is 57.5 Å². The first-order valence-corrected chi connectivity index (χ1v) is 13.8. The van der Waals surface area contributed by atoms with Crippen LogP contribution in [0, 0.1) is 0 Å². The van der Waals surface area contributed by atoms with Gasteiger partial charge in [-0.1, -0.05) is 35.6 Å². The molecule has 3 amide bonds. The van der Waals surface area contributed by atoms with E-state index >= 15 is 0 Å². The lowest BCUT2D eigenvalue weighted by molar-refractivity contribution is -0.114. The van der Waals surface area contributed by atoms with Crippen LogP contribution in [-0.2, 0) is 24.2 Å². The second kappa shape index (κ2) is 12.7. The number of carbonyl (C=O) groups is 3. The Labute approximate surface area is 225 Å². The van der Waals surface area contributed by atoms with Crippen molar-refractivity contribution in [3.63, 3.8) is 0 Å². The molecular weight excluding hydrogens is 508 g/mol. The number of carbonyl (C=O) groups excluding carboxylic acids is 3. The number of nitrogens with zero attached hydrogens (tertiary/aromatic N) is 1. The molecule has 10 heteroatoms. The fourth-order valence-electron chi connectivity index (χ4n) is 3.33. The SMILES string of the molecule is CSc1ccc(CNC(=O)c2sc(NC(C)=O)nc2CCc2ccc(OC(=O)NC(C)(C)C)cc2)cc1. The van der Waals surface area contributed by atoms with E-state index in [0.717, 1.165) is 27.4 Å². The normalized spacial score (nSPS) is 11.1. The van der Waals surface area contributed by atoms with Crippen LogP contribution >= 0.6 is 23.1 Å². The molecule has 3 aromatic rings. The number of benzene rings is 2. The standard InChI is InChI=1S/C27H32N4O4S2/c1-17(32)29-25-30-22(23(37-25)24(33)28-16-19-8-13-21(36-5)14-9-19)15-10-18-6-11-20(12-7-18)35-26(34)31-27(2,3)4/h6-9,11-14H,10,15-16H2,1-5H3,(H,28,33)(H,31,34)(H,29,30,32).